The Bertz CT molecular complexity index is 1010. The van der Waals surface area contributed by atoms with E-state index < -0.39 is 23.5 Å². The topological polar surface area (TPSA) is 100 Å². The zero-order valence-corrected chi connectivity index (χ0v) is 14.0. The predicted molar refractivity (Wildman–Crippen MR) is 96.1 cm³/mol. The van der Waals surface area contributed by atoms with Gasteiger partial charge in [0.1, 0.15) is 11.5 Å². The number of rotatable bonds is 4. The number of fused-ring (bicyclic) bond motifs is 1. The summed E-state index contributed by atoms with van der Waals surface area (Å²) in [5, 5.41) is 3.26. The van der Waals surface area contributed by atoms with Gasteiger partial charge in [-0.2, -0.15) is 0 Å². The second kappa shape index (κ2) is 8.05. The second-order valence-corrected chi connectivity index (χ2v) is 5.58. The molecule has 27 heavy (non-hydrogen) atoms. The second-order valence-electron chi connectivity index (χ2n) is 5.58. The van der Waals surface area contributed by atoms with E-state index in [-0.39, 0.29) is 17.8 Å². The molecule has 8 heteroatoms. The monoisotopic (exact) mass is 366 g/mol. The summed E-state index contributed by atoms with van der Waals surface area (Å²) < 4.78 is 12.8. The standard InChI is InChI=1S/C19H15FN4O3/c20-14-8-5-13(6-9-14)18(26)21-11-17(25)23-24-19(27)16-10-7-12-3-1-2-4-15(12)22-16/h1-10H,11H2,(H,21,26)(H,23,25)(H,24,27). The fourth-order valence-corrected chi connectivity index (χ4v) is 2.29. The van der Waals surface area contributed by atoms with Crippen LogP contribution in [0.4, 0.5) is 4.39 Å². The summed E-state index contributed by atoms with van der Waals surface area (Å²) >= 11 is 0. The third-order valence-corrected chi connectivity index (χ3v) is 3.66. The van der Waals surface area contributed by atoms with Gasteiger partial charge in [-0.25, -0.2) is 9.37 Å². The van der Waals surface area contributed by atoms with Crippen molar-refractivity contribution in [3.8, 4) is 0 Å². The van der Waals surface area contributed by atoms with E-state index >= 15 is 0 Å². The van der Waals surface area contributed by atoms with Crippen molar-refractivity contribution >= 4 is 28.6 Å². The quantitative estimate of drug-likeness (QED) is 0.610. The largest absolute Gasteiger partial charge is 0.343 e. The van der Waals surface area contributed by atoms with E-state index in [2.05, 4.69) is 21.2 Å². The fraction of sp³-hybridized carbons (Fsp3) is 0.0526. The number of hydrogen-bond acceptors (Lipinski definition) is 4. The Kier molecular flexibility index (Phi) is 5.36. The molecule has 0 saturated carbocycles. The summed E-state index contributed by atoms with van der Waals surface area (Å²) in [7, 11) is 0. The number of nitrogens with one attached hydrogen (secondary N) is 3. The van der Waals surface area contributed by atoms with Gasteiger partial charge in [0.15, 0.2) is 0 Å². The molecule has 0 aliphatic rings. The number of carbonyl (C=O) groups is 3. The van der Waals surface area contributed by atoms with Gasteiger partial charge in [0, 0.05) is 10.9 Å². The van der Waals surface area contributed by atoms with Crippen LogP contribution < -0.4 is 16.2 Å². The highest BCUT2D eigenvalue weighted by atomic mass is 19.1. The lowest BCUT2D eigenvalue weighted by atomic mass is 10.2. The van der Waals surface area contributed by atoms with E-state index in [1.165, 1.54) is 12.1 Å². The van der Waals surface area contributed by atoms with Crippen LogP contribution in [0, 0.1) is 5.82 Å². The molecule has 1 heterocycles. The molecule has 3 rings (SSSR count). The van der Waals surface area contributed by atoms with Crippen molar-refractivity contribution in [3.05, 3.63) is 77.7 Å². The van der Waals surface area contributed by atoms with Crippen molar-refractivity contribution in [3.63, 3.8) is 0 Å². The van der Waals surface area contributed by atoms with Crippen molar-refractivity contribution in [2.45, 2.75) is 0 Å². The smallest absolute Gasteiger partial charge is 0.288 e. The molecule has 2 aromatic carbocycles. The minimum Gasteiger partial charge on any atom is -0.343 e. The van der Waals surface area contributed by atoms with Gasteiger partial charge in [0.05, 0.1) is 12.1 Å². The Balaban J connectivity index is 1.49. The Morgan fingerprint density at radius 2 is 1.59 bits per heavy atom. The Morgan fingerprint density at radius 3 is 2.37 bits per heavy atom. The van der Waals surface area contributed by atoms with Crippen molar-refractivity contribution in [2.75, 3.05) is 6.54 Å². The lowest BCUT2D eigenvalue weighted by molar-refractivity contribution is -0.120. The molecule has 0 spiro atoms. The highest BCUT2D eigenvalue weighted by Crippen LogP contribution is 2.11. The van der Waals surface area contributed by atoms with E-state index in [1.807, 2.05) is 18.2 Å². The first-order chi connectivity index (χ1) is 13.0. The van der Waals surface area contributed by atoms with Gasteiger partial charge in [-0.05, 0) is 36.4 Å². The van der Waals surface area contributed by atoms with Crippen LogP contribution in [0.1, 0.15) is 20.8 Å². The molecule has 3 aromatic rings. The van der Waals surface area contributed by atoms with Crippen LogP contribution in [-0.2, 0) is 4.79 Å². The summed E-state index contributed by atoms with van der Waals surface area (Å²) in [5.41, 5.74) is 5.44. The van der Waals surface area contributed by atoms with Crippen LogP contribution in [0.25, 0.3) is 10.9 Å². The fourth-order valence-electron chi connectivity index (χ4n) is 2.29. The maximum absolute atomic E-state index is 12.8. The number of nitrogens with zero attached hydrogens (tertiary/aromatic N) is 1. The minimum atomic E-state index is -0.625. The number of amides is 3. The molecular formula is C19H15FN4O3. The van der Waals surface area contributed by atoms with Crippen molar-refractivity contribution in [2.24, 2.45) is 0 Å². The summed E-state index contributed by atoms with van der Waals surface area (Å²) in [4.78, 5) is 39.9. The van der Waals surface area contributed by atoms with Gasteiger partial charge in [-0.3, -0.25) is 25.2 Å². The molecule has 0 aliphatic heterocycles. The molecule has 0 bridgehead atoms. The van der Waals surface area contributed by atoms with Gasteiger partial charge in [-0.1, -0.05) is 24.3 Å². The number of para-hydroxylation sites is 1. The molecule has 3 N–H and O–H groups in total. The highest BCUT2D eigenvalue weighted by molar-refractivity contribution is 5.98. The van der Waals surface area contributed by atoms with Crippen molar-refractivity contribution < 1.29 is 18.8 Å². The molecule has 3 amide bonds. The number of hydrazine groups is 1. The molecule has 0 radical (unpaired) electrons. The maximum atomic E-state index is 12.8. The normalized spacial score (nSPS) is 10.3. The van der Waals surface area contributed by atoms with E-state index in [9.17, 15) is 18.8 Å². The first-order valence-corrected chi connectivity index (χ1v) is 8.02. The third-order valence-electron chi connectivity index (χ3n) is 3.66. The molecule has 1 aromatic heterocycles. The number of aromatic nitrogens is 1. The van der Waals surface area contributed by atoms with Crippen LogP contribution >= 0.6 is 0 Å². The average molecular weight is 366 g/mol. The van der Waals surface area contributed by atoms with E-state index in [1.54, 1.807) is 18.2 Å². The van der Waals surface area contributed by atoms with Gasteiger partial charge in [0.25, 0.3) is 17.7 Å². The molecule has 0 saturated heterocycles. The summed E-state index contributed by atoms with van der Waals surface area (Å²) in [6.45, 7) is -0.359. The number of benzene rings is 2. The molecule has 7 nitrogen and oxygen atoms in total. The zero-order chi connectivity index (χ0) is 19.2. The van der Waals surface area contributed by atoms with Gasteiger partial charge in [-0.15, -0.1) is 0 Å². The first kappa shape index (κ1) is 18.0. The summed E-state index contributed by atoms with van der Waals surface area (Å²) in [6.07, 6.45) is 0. The zero-order valence-electron chi connectivity index (χ0n) is 14.0. The Hall–Kier alpha value is -3.81. The molecule has 0 unspecified atom stereocenters. The number of halogens is 1. The third kappa shape index (κ3) is 4.63. The van der Waals surface area contributed by atoms with Crippen LogP contribution in [-0.4, -0.2) is 29.3 Å². The van der Waals surface area contributed by atoms with Gasteiger partial charge in [0.2, 0.25) is 0 Å². The maximum Gasteiger partial charge on any atom is 0.288 e. The van der Waals surface area contributed by atoms with E-state index in [4.69, 9.17) is 0 Å². The van der Waals surface area contributed by atoms with Crippen LogP contribution in [0.2, 0.25) is 0 Å². The van der Waals surface area contributed by atoms with E-state index in [0.29, 0.717) is 5.52 Å². The Morgan fingerprint density at radius 1 is 0.852 bits per heavy atom. The molecule has 136 valence electrons. The van der Waals surface area contributed by atoms with Crippen LogP contribution in [0.15, 0.2) is 60.7 Å². The summed E-state index contributed by atoms with van der Waals surface area (Å²) in [6, 6.07) is 15.5. The van der Waals surface area contributed by atoms with E-state index in [0.717, 1.165) is 17.5 Å². The van der Waals surface area contributed by atoms with Crippen molar-refractivity contribution in [1.29, 1.82) is 0 Å². The van der Waals surface area contributed by atoms with Gasteiger partial charge < -0.3 is 5.32 Å². The number of hydrogen-bond donors (Lipinski definition) is 3. The average Bonchev–Trinajstić information content (AvgIpc) is 2.70. The van der Waals surface area contributed by atoms with Gasteiger partial charge >= 0.3 is 0 Å². The SMILES string of the molecule is O=C(CNC(=O)c1ccc(F)cc1)NNC(=O)c1ccc2ccccc2n1. The molecule has 0 aliphatic carbocycles. The van der Waals surface area contributed by atoms with Crippen LogP contribution in [0.5, 0.6) is 0 Å². The highest BCUT2D eigenvalue weighted by Gasteiger charge is 2.11. The molecular weight excluding hydrogens is 351 g/mol. The molecule has 0 fully saturated rings. The summed E-state index contributed by atoms with van der Waals surface area (Å²) in [5.74, 6) is -2.21. The minimum absolute atomic E-state index is 0.143. The van der Waals surface area contributed by atoms with Crippen molar-refractivity contribution in [1.82, 2.24) is 21.2 Å². The number of carbonyl (C=O) groups excluding carboxylic acids is 3. The lowest BCUT2D eigenvalue weighted by Crippen LogP contribution is -2.46. The molecule has 0 atom stereocenters. The Labute approximate surface area is 153 Å². The first-order valence-electron chi connectivity index (χ1n) is 8.02. The predicted octanol–water partition coefficient (Wildman–Crippen LogP) is 1.56. The lowest BCUT2D eigenvalue weighted by Gasteiger charge is -2.08. The van der Waals surface area contributed by atoms with Crippen LogP contribution in [0.3, 0.4) is 0 Å². The number of pyridine rings is 1.